The number of nitrogens with one attached hydrogen (secondary N) is 1. The first-order valence-corrected chi connectivity index (χ1v) is 12.5. The molecule has 2 aromatic carbocycles. The summed E-state index contributed by atoms with van der Waals surface area (Å²) >= 11 is 0. The molecule has 35 heavy (non-hydrogen) atoms. The standard InChI is InChI=1S/C27H31F4N3O/c28-21-9-6-18(7-10-21)16-33-12-13-34-24-11-8-20(27(29,30)31)14-19(24)15-23(25(34)17-33)26(35)32-22-4-2-1-3-5-22/h6-11,14,22-23,25H,1-5,12-13,15-17H2,(H,32,35)/t23-,25+/m0/s1. The van der Waals surface area contributed by atoms with Crippen molar-refractivity contribution in [2.75, 3.05) is 24.5 Å². The van der Waals surface area contributed by atoms with Crippen molar-refractivity contribution in [3.05, 3.63) is 65.0 Å². The Morgan fingerprint density at radius 1 is 1.00 bits per heavy atom. The minimum Gasteiger partial charge on any atom is -0.365 e. The first-order valence-electron chi connectivity index (χ1n) is 12.5. The quantitative estimate of drug-likeness (QED) is 0.603. The molecule has 1 saturated carbocycles. The molecule has 0 aromatic heterocycles. The van der Waals surface area contributed by atoms with Crippen molar-refractivity contribution in [3.8, 4) is 0 Å². The molecule has 2 aromatic rings. The molecule has 1 aliphatic carbocycles. The summed E-state index contributed by atoms with van der Waals surface area (Å²) in [5.41, 5.74) is 1.71. The molecule has 2 aliphatic heterocycles. The van der Waals surface area contributed by atoms with Gasteiger partial charge in [0.2, 0.25) is 5.91 Å². The third-order valence-corrected chi connectivity index (χ3v) is 7.73. The predicted octanol–water partition coefficient (Wildman–Crippen LogP) is 5.16. The summed E-state index contributed by atoms with van der Waals surface area (Å²) in [6, 6.07) is 10.4. The maximum Gasteiger partial charge on any atom is 0.416 e. The first kappa shape index (κ1) is 24.1. The van der Waals surface area contributed by atoms with Gasteiger partial charge in [0.1, 0.15) is 5.82 Å². The van der Waals surface area contributed by atoms with Crippen molar-refractivity contribution in [2.24, 2.45) is 5.92 Å². The molecular weight excluding hydrogens is 458 g/mol. The molecule has 0 spiro atoms. The Hall–Kier alpha value is -2.61. The third kappa shape index (κ3) is 5.32. The van der Waals surface area contributed by atoms with Crippen LogP contribution in [-0.4, -0.2) is 42.5 Å². The lowest BCUT2D eigenvalue weighted by atomic mass is 9.82. The lowest BCUT2D eigenvalue weighted by molar-refractivity contribution is -0.137. The van der Waals surface area contributed by atoms with Gasteiger partial charge in [-0.25, -0.2) is 4.39 Å². The Bertz CT molecular complexity index is 1050. The fourth-order valence-electron chi connectivity index (χ4n) is 5.91. The normalized spacial score (nSPS) is 23.5. The first-order chi connectivity index (χ1) is 16.8. The van der Waals surface area contributed by atoms with Gasteiger partial charge in [-0.3, -0.25) is 9.69 Å². The Morgan fingerprint density at radius 2 is 1.74 bits per heavy atom. The van der Waals surface area contributed by atoms with E-state index in [2.05, 4.69) is 15.1 Å². The fraction of sp³-hybridized carbons (Fsp3) is 0.519. The molecular formula is C27H31F4N3O. The van der Waals surface area contributed by atoms with Crippen molar-refractivity contribution in [3.63, 3.8) is 0 Å². The maximum atomic E-state index is 13.5. The number of amides is 1. The molecule has 0 radical (unpaired) electrons. The number of carbonyl (C=O) groups excluding carboxylic acids is 1. The van der Waals surface area contributed by atoms with Gasteiger partial charge in [0.05, 0.1) is 17.5 Å². The van der Waals surface area contributed by atoms with Gasteiger partial charge in [-0.1, -0.05) is 31.4 Å². The highest BCUT2D eigenvalue weighted by molar-refractivity contribution is 5.82. The van der Waals surface area contributed by atoms with Crippen LogP contribution in [0, 0.1) is 11.7 Å². The third-order valence-electron chi connectivity index (χ3n) is 7.73. The van der Waals surface area contributed by atoms with Crippen LogP contribution in [0.4, 0.5) is 23.2 Å². The highest BCUT2D eigenvalue weighted by Gasteiger charge is 2.43. The van der Waals surface area contributed by atoms with Crippen LogP contribution in [0.15, 0.2) is 42.5 Å². The Balaban J connectivity index is 1.40. The van der Waals surface area contributed by atoms with Crippen molar-refractivity contribution in [1.82, 2.24) is 10.2 Å². The van der Waals surface area contributed by atoms with Crippen LogP contribution in [0.2, 0.25) is 0 Å². The number of hydrogen-bond donors (Lipinski definition) is 1. The van der Waals surface area contributed by atoms with Gasteiger partial charge in [-0.15, -0.1) is 0 Å². The van der Waals surface area contributed by atoms with Crippen LogP contribution >= 0.6 is 0 Å². The number of nitrogens with zero attached hydrogens (tertiary/aromatic N) is 2. The zero-order valence-corrected chi connectivity index (χ0v) is 19.7. The van der Waals surface area contributed by atoms with E-state index < -0.39 is 17.7 Å². The summed E-state index contributed by atoms with van der Waals surface area (Å²) in [6.07, 6.45) is 1.15. The molecule has 1 amide bonds. The van der Waals surface area contributed by atoms with Crippen molar-refractivity contribution < 1.29 is 22.4 Å². The molecule has 0 bridgehead atoms. The van der Waals surface area contributed by atoms with E-state index in [0.717, 1.165) is 43.0 Å². The van der Waals surface area contributed by atoms with E-state index in [1.807, 2.05) is 0 Å². The summed E-state index contributed by atoms with van der Waals surface area (Å²) in [6.45, 7) is 2.60. The molecule has 5 rings (SSSR count). The maximum absolute atomic E-state index is 13.5. The summed E-state index contributed by atoms with van der Waals surface area (Å²) in [5, 5.41) is 3.22. The molecule has 188 valence electrons. The number of benzene rings is 2. The van der Waals surface area contributed by atoms with E-state index >= 15 is 0 Å². The molecule has 2 fully saturated rings. The van der Waals surface area contributed by atoms with E-state index in [-0.39, 0.29) is 23.8 Å². The molecule has 2 atom stereocenters. The number of halogens is 4. The molecule has 0 unspecified atom stereocenters. The Labute approximate surface area is 203 Å². The average Bonchev–Trinajstić information content (AvgIpc) is 2.84. The van der Waals surface area contributed by atoms with Crippen molar-refractivity contribution in [2.45, 2.75) is 63.3 Å². The monoisotopic (exact) mass is 489 g/mol. The molecule has 4 nitrogen and oxygen atoms in total. The Morgan fingerprint density at radius 3 is 2.46 bits per heavy atom. The lowest BCUT2D eigenvalue weighted by Gasteiger charge is -2.49. The number of fused-ring (bicyclic) bond motifs is 3. The van der Waals surface area contributed by atoms with Gasteiger partial charge < -0.3 is 10.2 Å². The number of anilines is 1. The molecule has 2 heterocycles. The molecule has 8 heteroatoms. The second kappa shape index (κ2) is 9.80. The number of rotatable bonds is 4. The van der Waals surface area contributed by atoms with Crippen LogP contribution in [0.5, 0.6) is 0 Å². The van der Waals surface area contributed by atoms with Gasteiger partial charge >= 0.3 is 6.18 Å². The summed E-state index contributed by atoms with van der Waals surface area (Å²) in [7, 11) is 0. The van der Waals surface area contributed by atoms with E-state index in [1.165, 1.54) is 24.6 Å². The average molecular weight is 490 g/mol. The van der Waals surface area contributed by atoms with Crippen LogP contribution in [-0.2, 0) is 23.9 Å². The van der Waals surface area contributed by atoms with Crippen LogP contribution < -0.4 is 10.2 Å². The van der Waals surface area contributed by atoms with Gasteiger partial charge in [0, 0.05) is 37.9 Å². The van der Waals surface area contributed by atoms with Gasteiger partial charge in [0.25, 0.3) is 0 Å². The van der Waals surface area contributed by atoms with Crippen LogP contribution in [0.25, 0.3) is 0 Å². The zero-order valence-electron chi connectivity index (χ0n) is 19.7. The zero-order chi connectivity index (χ0) is 24.6. The van der Waals surface area contributed by atoms with E-state index in [9.17, 15) is 22.4 Å². The number of piperazine rings is 1. The molecule has 1 saturated heterocycles. The van der Waals surface area contributed by atoms with E-state index in [1.54, 1.807) is 18.2 Å². The SMILES string of the molecule is O=C(NC1CCCCC1)[C@H]1Cc2cc(C(F)(F)F)ccc2N2CCN(Cc3ccc(F)cc3)C[C@H]12. The van der Waals surface area contributed by atoms with Crippen LogP contribution in [0.1, 0.15) is 48.8 Å². The second-order valence-corrected chi connectivity index (χ2v) is 10.1. The van der Waals surface area contributed by atoms with E-state index in [4.69, 9.17) is 0 Å². The minimum absolute atomic E-state index is 0.0569. The number of hydrogen-bond acceptors (Lipinski definition) is 3. The van der Waals surface area contributed by atoms with Gasteiger partial charge in [-0.05, 0) is 60.7 Å². The Kier molecular flexibility index (Phi) is 6.75. The predicted molar refractivity (Wildman–Crippen MR) is 126 cm³/mol. The van der Waals surface area contributed by atoms with Gasteiger partial charge in [-0.2, -0.15) is 13.2 Å². The molecule has 1 N–H and O–H groups in total. The second-order valence-electron chi connectivity index (χ2n) is 10.1. The van der Waals surface area contributed by atoms with E-state index in [0.29, 0.717) is 38.2 Å². The lowest BCUT2D eigenvalue weighted by Crippen LogP contribution is -2.61. The summed E-state index contributed by atoms with van der Waals surface area (Å²) < 4.78 is 53.6. The molecule has 3 aliphatic rings. The highest BCUT2D eigenvalue weighted by Crippen LogP contribution is 2.40. The van der Waals surface area contributed by atoms with Gasteiger partial charge in [0.15, 0.2) is 0 Å². The van der Waals surface area contributed by atoms with Crippen LogP contribution in [0.3, 0.4) is 0 Å². The highest BCUT2D eigenvalue weighted by atomic mass is 19.4. The number of alkyl halides is 3. The minimum atomic E-state index is -4.42. The largest absolute Gasteiger partial charge is 0.416 e. The van der Waals surface area contributed by atoms with Crippen molar-refractivity contribution in [1.29, 1.82) is 0 Å². The summed E-state index contributed by atoms with van der Waals surface area (Å²) in [5.74, 6) is -0.761. The number of carbonyl (C=O) groups is 1. The summed E-state index contributed by atoms with van der Waals surface area (Å²) in [4.78, 5) is 17.9. The topological polar surface area (TPSA) is 35.6 Å². The fourth-order valence-corrected chi connectivity index (χ4v) is 5.91. The van der Waals surface area contributed by atoms with Crippen molar-refractivity contribution >= 4 is 11.6 Å². The smallest absolute Gasteiger partial charge is 0.365 e.